The minimum atomic E-state index is -2.83. The van der Waals surface area contributed by atoms with Crippen LogP contribution in [-0.2, 0) is 4.74 Å². The average molecular weight is 484 g/mol. The highest BCUT2D eigenvalue weighted by atomic mass is 127. The average Bonchev–Trinajstić information content (AvgIpc) is 3.06. The Balaban J connectivity index is 0.00000338. The van der Waals surface area contributed by atoms with Crippen molar-refractivity contribution in [3.63, 3.8) is 0 Å². The number of benzene rings is 1. The lowest BCUT2D eigenvalue weighted by atomic mass is 10.2. The molecule has 1 atom stereocenters. The SMILES string of the molecule is CN=C(NCCCOC)NC1CCN(c2ccccc2OC(F)F)C1.I. The van der Waals surface area contributed by atoms with Crippen molar-refractivity contribution in [1.82, 2.24) is 10.6 Å². The normalized spacial score (nSPS) is 17.2. The Bertz CT molecular complexity index is 563. The largest absolute Gasteiger partial charge is 0.433 e. The molecule has 0 radical (unpaired) electrons. The fourth-order valence-electron chi connectivity index (χ4n) is 2.82. The van der Waals surface area contributed by atoms with Gasteiger partial charge in [0.25, 0.3) is 0 Å². The quantitative estimate of drug-likeness (QED) is 0.257. The van der Waals surface area contributed by atoms with Crippen LogP contribution in [0.15, 0.2) is 29.3 Å². The monoisotopic (exact) mass is 484 g/mol. The molecule has 1 aromatic rings. The maximum Gasteiger partial charge on any atom is 0.387 e. The summed E-state index contributed by atoms with van der Waals surface area (Å²) in [7, 11) is 3.40. The Morgan fingerprint density at radius 1 is 1.38 bits per heavy atom. The van der Waals surface area contributed by atoms with Crippen LogP contribution in [0.1, 0.15) is 12.8 Å². The fraction of sp³-hybridized carbons (Fsp3) is 0.588. The Hall–Kier alpha value is -1.36. The number of hydrogen-bond donors (Lipinski definition) is 2. The van der Waals surface area contributed by atoms with Gasteiger partial charge in [0.2, 0.25) is 0 Å². The van der Waals surface area contributed by atoms with Crippen LogP contribution in [-0.4, -0.2) is 59.0 Å². The second-order valence-corrected chi connectivity index (χ2v) is 5.77. The summed E-state index contributed by atoms with van der Waals surface area (Å²) in [6.45, 7) is 0.106. The summed E-state index contributed by atoms with van der Waals surface area (Å²) < 4.78 is 34.8. The number of guanidine groups is 1. The first-order chi connectivity index (χ1) is 12.1. The summed E-state index contributed by atoms with van der Waals surface area (Å²) in [4.78, 5) is 6.26. The number of hydrogen-bond acceptors (Lipinski definition) is 4. The van der Waals surface area contributed by atoms with E-state index in [1.165, 1.54) is 0 Å². The zero-order valence-corrected chi connectivity index (χ0v) is 17.4. The Kier molecular flexibility index (Phi) is 10.6. The molecule has 0 bridgehead atoms. The molecule has 6 nitrogen and oxygen atoms in total. The van der Waals surface area contributed by atoms with Crippen molar-refractivity contribution in [2.75, 3.05) is 45.3 Å². The van der Waals surface area contributed by atoms with E-state index in [9.17, 15) is 8.78 Å². The molecule has 0 aliphatic carbocycles. The van der Waals surface area contributed by atoms with E-state index in [4.69, 9.17) is 4.74 Å². The van der Waals surface area contributed by atoms with Gasteiger partial charge in [-0.15, -0.1) is 24.0 Å². The van der Waals surface area contributed by atoms with E-state index < -0.39 is 6.61 Å². The third-order valence-electron chi connectivity index (χ3n) is 3.99. The predicted octanol–water partition coefficient (Wildman–Crippen LogP) is 2.69. The molecule has 0 aromatic heterocycles. The number of nitrogens with one attached hydrogen (secondary N) is 2. The van der Waals surface area contributed by atoms with Crippen molar-refractivity contribution in [1.29, 1.82) is 0 Å². The van der Waals surface area contributed by atoms with Gasteiger partial charge in [0, 0.05) is 46.4 Å². The number of rotatable bonds is 8. The maximum absolute atomic E-state index is 12.6. The molecule has 26 heavy (non-hydrogen) atoms. The van der Waals surface area contributed by atoms with Crippen LogP contribution in [0.4, 0.5) is 14.5 Å². The van der Waals surface area contributed by atoms with E-state index in [0.717, 1.165) is 31.9 Å². The van der Waals surface area contributed by atoms with E-state index in [2.05, 4.69) is 20.4 Å². The Morgan fingerprint density at radius 3 is 2.85 bits per heavy atom. The molecule has 1 unspecified atom stereocenters. The molecule has 1 aromatic carbocycles. The molecule has 2 rings (SSSR count). The van der Waals surface area contributed by atoms with Gasteiger partial charge in [-0.1, -0.05) is 12.1 Å². The van der Waals surface area contributed by atoms with Crippen molar-refractivity contribution in [2.45, 2.75) is 25.5 Å². The van der Waals surface area contributed by atoms with Gasteiger partial charge < -0.3 is 25.0 Å². The van der Waals surface area contributed by atoms with Gasteiger partial charge in [0.1, 0.15) is 5.75 Å². The number of ether oxygens (including phenoxy) is 2. The standard InChI is InChI=1S/C17H26F2N4O2.HI/c1-20-17(21-9-5-11-24-2)22-13-8-10-23(12-13)14-6-3-4-7-15(14)25-16(18)19;/h3-4,6-7,13,16H,5,8-12H2,1-2H3,(H2,20,21,22);1H. The van der Waals surface area contributed by atoms with E-state index >= 15 is 0 Å². The number of methoxy groups -OCH3 is 1. The number of nitrogens with zero attached hydrogens (tertiary/aromatic N) is 2. The number of alkyl halides is 2. The number of halogens is 3. The third-order valence-corrected chi connectivity index (χ3v) is 3.99. The molecule has 1 saturated heterocycles. The molecule has 0 amide bonds. The van der Waals surface area contributed by atoms with Crippen molar-refractivity contribution in [3.05, 3.63) is 24.3 Å². The fourth-order valence-corrected chi connectivity index (χ4v) is 2.82. The molecule has 9 heteroatoms. The lowest BCUT2D eigenvalue weighted by molar-refractivity contribution is -0.0495. The summed E-state index contributed by atoms with van der Waals surface area (Å²) in [6, 6.07) is 7.08. The highest BCUT2D eigenvalue weighted by molar-refractivity contribution is 14.0. The lowest BCUT2D eigenvalue weighted by Gasteiger charge is -2.22. The first-order valence-electron chi connectivity index (χ1n) is 8.39. The molecule has 2 N–H and O–H groups in total. The smallest absolute Gasteiger partial charge is 0.387 e. The summed E-state index contributed by atoms with van der Waals surface area (Å²) in [5, 5.41) is 6.61. The van der Waals surface area contributed by atoms with Crippen molar-refractivity contribution in [2.24, 2.45) is 4.99 Å². The van der Waals surface area contributed by atoms with Crippen LogP contribution in [0.2, 0.25) is 0 Å². The van der Waals surface area contributed by atoms with Gasteiger partial charge in [-0.05, 0) is 25.0 Å². The maximum atomic E-state index is 12.6. The molecule has 1 aliphatic heterocycles. The molecule has 1 fully saturated rings. The summed E-state index contributed by atoms with van der Waals surface area (Å²) in [6.07, 6.45) is 1.79. The first-order valence-corrected chi connectivity index (χ1v) is 8.39. The summed E-state index contributed by atoms with van der Waals surface area (Å²) in [5.41, 5.74) is 0.690. The van der Waals surface area contributed by atoms with Gasteiger partial charge in [-0.25, -0.2) is 0 Å². The predicted molar refractivity (Wildman–Crippen MR) is 110 cm³/mol. The molecular weight excluding hydrogens is 457 g/mol. The van der Waals surface area contributed by atoms with Crippen LogP contribution < -0.4 is 20.3 Å². The number of para-hydroxylation sites is 2. The molecule has 148 valence electrons. The van der Waals surface area contributed by atoms with Gasteiger partial charge >= 0.3 is 6.61 Å². The van der Waals surface area contributed by atoms with Crippen molar-refractivity contribution < 1.29 is 18.3 Å². The summed E-state index contributed by atoms with van der Waals surface area (Å²) in [5.74, 6) is 0.945. The van der Waals surface area contributed by atoms with E-state index in [1.807, 2.05) is 11.0 Å². The minimum absolute atomic E-state index is 0. The molecule has 0 spiro atoms. The van der Waals surface area contributed by atoms with E-state index in [1.54, 1.807) is 32.4 Å². The van der Waals surface area contributed by atoms with Crippen molar-refractivity contribution in [3.8, 4) is 5.75 Å². The zero-order valence-electron chi connectivity index (χ0n) is 15.1. The topological polar surface area (TPSA) is 58.1 Å². The highest BCUT2D eigenvalue weighted by Gasteiger charge is 2.25. The van der Waals surface area contributed by atoms with Crippen LogP contribution in [0.5, 0.6) is 5.75 Å². The minimum Gasteiger partial charge on any atom is -0.433 e. The number of aliphatic imine (C=N–C) groups is 1. The van der Waals surface area contributed by atoms with Crippen LogP contribution >= 0.6 is 24.0 Å². The van der Waals surface area contributed by atoms with Gasteiger partial charge in [-0.2, -0.15) is 8.78 Å². The van der Waals surface area contributed by atoms with Gasteiger partial charge in [0.05, 0.1) is 5.69 Å². The Labute approximate surface area is 170 Å². The first kappa shape index (κ1) is 22.7. The Morgan fingerprint density at radius 2 is 2.15 bits per heavy atom. The second-order valence-electron chi connectivity index (χ2n) is 5.77. The van der Waals surface area contributed by atoms with Gasteiger partial charge in [-0.3, -0.25) is 4.99 Å². The summed E-state index contributed by atoms with van der Waals surface area (Å²) >= 11 is 0. The molecule has 1 aliphatic rings. The number of anilines is 1. The molecule has 1 heterocycles. The van der Waals surface area contributed by atoms with Gasteiger partial charge in [0.15, 0.2) is 5.96 Å². The van der Waals surface area contributed by atoms with Crippen LogP contribution in [0, 0.1) is 0 Å². The van der Waals surface area contributed by atoms with E-state index in [0.29, 0.717) is 18.8 Å². The van der Waals surface area contributed by atoms with Crippen LogP contribution in [0.3, 0.4) is 0 Å². The zero-order chi connectivity index (χ0) is 18.1. The molecule has 0 saturated carbocycles. The second kappa shape index (κ2) is 12.1. The molecular formula is C17H27F2IN4O2. The van der Waals surface area contributed by atoms with E-state index in [-0.39, 0.29) is 35.8 Å². The third kappa shape index (κ3) is 7.10. The highest BCUT2D eigenvalue weighted by Crippen LogP contribution is 2.31. The van der Waals surface area contributed by atoms with Crippen LogP contribution in [0.25, 0.3) is 0 Å². The lowest BCUT2D eigenvalue weighted by Crippen LogP contribution is -2.45. The van der Waals surface area contributed by atoms with Crippen molar-refractivity contribution >= 4 is 35.6 Å².